The number of rotatable bonds is 7. The fourth-order valence-electron chi connectivity index (χ4n) is 2.18. The maximum Gasteiger partial charge on any atom is 0.258 e. The molecule has 0 saturated heterocycles. The molecule has 0 saturated carbocycles. The molecular formula is C18H16FN5O3. The Labute approximate surface area is 154 Å². The third-order valence-electron chi connectivity index (χ3n) is 3.45. The zero-order valence-corrected chi connectivity index (χ0v) is 14.1. The van der Waals surface area contributed by atoms with E-state index < -0.39 is 11.7 Å². The van der Waals surface area contributed by atoms with E-state index in [9.17, 15) is 14.0 Å². The standard InChI is InChI=1S/C18H16FN5O3/c19-13-2-1-3-16(8-13)27-10-18(26)21-9-17(25)23-14-4-6-15(7-5-14)24-12-20-11-22-24/h1-8,11-12H,9-10H2,(H,21,26)(H,23,25). The molecule has 3 aromatic rings. The van der Waals surface area contributed by atoms with Crippen molar-refractivity contribution in [3.63, 3.8) is 0 Å². The quantitative estimate of drug-likeness (QED) is 0.658. The van der Waals surface area contributed by atoms with Gasteiger partial charge < -0.3 is 15.4 Å². The maximum absolute atomic E-state index is 13.0. The summed E-state index contributed by atoms with van der Waals surface area (Å²) in [5, 5.41) is 9.10. The zero-order chi connectivity index (χ0) is 19.1. The molecule has 138 valence electrons. The van der Waals surface area contributed by atoms with Crippen LogP contribution in [0.5, 0.6) is 5.75 Å². The lowest BCUT2D eigenvalue weighted by molar-refractivity contribution is -0.125. The Morgan fingerprint density at radius 2 is 1.93 bits per heavy atom. The van der Waals surface area contributed by atoms with Crippen molar-refractivity contribution in [1.82, 2.24) is 20.1 Å². The van der Waals surface area contributed by atoms with Crippen LogP contribution in [0.25, 0.3) is 5.69 Å². The van der Waals surface area contributed by atoms with Gasteiger partial charge in [0, 0.05) is 11.8 Å². The van der Waals surface area contributed by atoms with Crippen molar-refractivity contribution in [2.45, 2.75) is 0 Å². The number of nitrogens with zero attached hydrogens (tertiary/aromatic N) is 3. The molecule has 1 heterocycles. The van der Waals surface area contributed by atoms with Crippen molar-refractivity contribution in [3.05, 3.63) is 67.0 Å². The topological polar surface area (TPSA) is 98.1 Å². The predicted octanol–water partition coefficient (Wildman–Crippen LogP) is 1.54. The summed E-state index contributed by atoms with van der Waals surface area (Å²) in [6.45, 7) is -0.528. The van der Waals surface area contributed by atoms with Crippen molar-refractivity contribution in [2.75, 3.05) is 18.5 Å². The van der Waals surface area contributed by atoms with Crippen LogP contribution in [0.4, 0.5) is 10.1 Å². The predicted molar refractivity (Wildman–Crippen MR) is 94.9 cm³/mol. The number of aromatic nitrogens is 3. The van der Waals surface area contributed by atoms with Gasteiger partial charge in [-0.25, -0.2) is 14.1 Å². The van der Waals surface area contributed by atoms with Crippen molar-refractivity contribution in [3.8, 4) is 11.4 Å². The van der Waals surface area contributed by atoms with Gasteiger partial charge in [0.2, 0.25) is 5.91 Å². The maximum atomic E-state index is 13.0. The highest BCUT2D eigenvalue weighted by Crippen LogP contribution is 2.12. The van der Waals surface area contributed by atoms with Gasteiger partial charge in [0.05, 0.1) is 12.2 Å². The number of halogens is 1. The van der Waals surface area contributed by atoms with E-state index in [0.717, 1.165) is 5.69 Å². The molecule has 0 aliphatic heterocycles. The molecular weight excluding hydrogens is 353 g/mol. The second-order valence-corrected chi connectivity index (χ2v) is 5.46. The van der Waals surface area contributed by atoms with Gasteiger partial charge in [0.15, 0.2) is 6.61 Å². The van der Waals surface area contributed by atoms with Crippen LogP contribution >= 0.6 is 0 Å². The Bertz CT molecular complexity index is 913. The summed E-state index contributed by atoms with van der Waals surface area (Å²) in [4.78, 5) is 27.5. The second kappa shape index (κ2) is 8.56. The number of carbonyl (C=O) groups excluding carboxylic acids is 2. The lowest BCUT2D eigenvalue weighted by Gasteiger charge is -2.09. The summed E-state index contributed by atoms with van der Waals surface area (Å²) in [6.07, 6.45) is 2.99. The third kappa shape index (κ3) is 5.36. The molecule has 2 aromatic carbocycles. The second-order valence-electron chi connectivity index (χ2n) is 5.46. The first-order chi connectivity index (χ1) is 13.1. The first kappa shape index (κ1) is 18.1. The Hall–Kier alpha value is -3.75. The van der Waals surface area contributed by atoms with E-state index in [1.807, 2.05) is 0 Å². The summed E-state index contributed by atoms with van der Waals surface area (Å²) in [5.74, 6) is -1.09. The molecule has 9 heteroatoms. The van der Waals surface area contributed by atoms with Gasteiger partial charge in [0.1, 0.15) is 24.2 Å². The summed E-state index contributed by atoms with van der Waals surface area (Å²) in [6, 6.07) is 12.4. The molecule has 8 nitrogen and oxygen atoms in total. The van der Waals surface area contributed by atoms with Crippen LogP contribution < -0.4 is 15.4 Å². The van der Waals surface area contributed by atoms with Crippen LogP contribution in [0.15, 0.2) is 61.2 Å². The largest absolute Gasteiger partial charge is 0.484 e. The van der Waals surface area contributed by atoms with Gasteiger partial charge in [-0.05, 0) is 36.4 Å². The van der Waals surface area contributed by atoms with Crippen LogP contribution in [0, 0.1) is 5.82 Å². The van der Waals surface area contributed by atoms with Gasteiger partial charge in [0.25, 0.3) is 5.91 Å². The molecule has 0 aliphatic carbocycles. The van der Waals surface area contributed by atoms with E-state index in [-0.39, 0.29) is 24.8 Å². The van der Waals surface area contributed by atoms with Crippen LogP contribution in [0.1, 0.15) is 0 Å². The van der Waals surface area contributed by atoms with Crippen LogP contribution in [0.3, 0.4) is 0 Å². The number of carbonyl (C=O) groups is 2. The lowest BCUT2D eigenvalue weighted by Crippen LogP contribution is -2.35. The molecule has 0 atom stereocenters. The highest BCUT2D eigenvalue weighted by Gasteiger charge is 2.07. The first-order valence-electron chi connectivity index (χ1n) is 8.00. The average Bonchev–Trinajstić information content (AvgIpc) is 3.20. The smallest absolute Gasteiger partial charge is 0.258 e. The van der Waals surface area contributed by atoms with Gasteiger partial charge in [-0.1, -0.05) is 6.07 Å². The average molecular weight is 369 g/mol. The monoisotopic (exact) mass is 369 g/mol. The first-order valence-corrected chi connectivity index (χ1v) is 8.00. The normalized spacial score (nSPS) is 10.3. The Balaban J connectivity index is 1.42. The fourth-order valence-corrected chi connectivity index (χ4v) is 2.18. The number of hydrogen-bond donors (Lipinski definition) is 2. The Kier molecular flexibility index (Phi) is 5.73. The molecule has 27 heavy (non-hydrogen) atoms. The van der Waals surface area contributed by atoms with E-state index in [0.29, 0.717) is 5.69 Å². The number of amides is 2. The molecule has 1 aromatic heterocycles. The molecule has 0 unspecified atom stereocenters. The van der Waals surface area contributed by atoms with Gasteiger partial charge >= 0.3 is 0 Å². The van der Waals surface area contributed by atoms with Crippen molar-refractivity contribution in [2.24, 2.45) is 0 Å². The minimum atomic E-state index is -0.490. The number of nitrogens with one attached hydrogen (secondary N) is 2. The minimum absolute atomic E-state index is 0.212. The van der Waals surface area contributed by atoms with Crippen molar-refractivity contribution in [1.29, 1.82) is 0 Å². The van der Waals surface area contributed by atoms with Crippen LogP contribution in [0.2, 0.25) is 0 Å². The number of hydrogen-bond acceptors (Lipinski definition) is 5. The molecule has 0 spiro atoms. The van der Waals surface area contributed by atoms with Crippen LogP contribution in [-0.2, 0) is 9.59 Å². The molecule has 0 bridgehead atoms. The zero-order valence-electron chi connectivity index (χ0n) is 14.1. The number of anilines is 1. The summed E-state index contributed by atoms with van der Waals surface area (Å²) < 4.78 is 19.8. The van der Waals surface area contributed by atoms with Crippen molar-refractivity contribution < 1.29 is 18.7 Å². The summed E-state index contributed by atoms with van der Waals surface area (Å²) in [5.41, 5.74) is 1.38. The molecule has 2 N–H and O–H groups in total. The fraction of sp³-hybridized carbons (Fsp3) is 0.111. The van der Waals surface area contributed by atoms with Crippen molar-refractivity contribution >= 4 is 17.5 Å². The van der Waals surface area contributed by atoms with Gasteiger partial charge in [-0.2, -0.15) is 5.10 Å². The van der Waals surface area contributed by atoms with Gasteiger partial charge in [-0.3, -0.25) is 9.59 Å². The Morgan fingerprint density at radius 1 is 1.11 bits per heavy atom. The molecule has 0 radical (unpaired) electrons. The molecule has 0 aliphatic rings. The highest BCUT2D eigenvalue weighted by atomic mass is 19.1. The molecule has 3 rings (SSSR count). The summed E-state index contributed by atoms with van der Waals surface area (Å²) in [7, 11) is 0. The number of ether oxygens (including phenoxy) is 1. The van der Waals surface area contributed by atoms with E-state index in [2.05, 4.69) is 20.7 Å². The minimum Gasteiger partial charge on any atom is -0.484 e. The SMILES string of the molecule is O=C(COc1cccc(F)c1)NCC(=O)Nc1ccc(-n2cncn2)cc1. The lowest BCUT2D eigenvalue weighted by atomic mass is 10.3. The molecule has 0 fully saturated rings. The van der Waals surface area contributed by atoms with Gasteiger partial charge in [-0.15, -0.1) is 0 Å². The molecule has 2 amide bonds. The third-order valence-corrected chi connectivity index (χ3v) is 3.45. The van der Waals surface area contributed by atoms with Crippen LogP contribution in [-0.4, -0.2) is 39.7 Å². The number of benzene rings is 2. The highest BCUT2D eigenvalue weighted by molar-refractivity contribution is 5.94. The Morgan fingerprint density at radius 3 is 2.63 bits per heavy atom. The van der Waals surface area contributed by atoms with E-state index >= 15 is 0 Å². The van der Waals surface area contributed by atoms with E-state index in [1.165, 1.54) is 30.6 Å². The van der Waals surface area contributed by atoms with E-state index in [1.54, 1.807) is 35.3 Å². The van der Waals surface area contributed by atoms with E-state index in [4.69, 9.17) is 4.74 Å². The summed E-state index contributed by atoms with van der Waals surface area (Å²) >= 11 is 0.